The van der Waals surface area contributed by atoms with Crippen molar-refractivity contribution < 1.29 is 4.74 Å². The summed E-state index contributed by atoms with van der Waals surface area (Å²) in [6, 6.07) is 0. The van der Waals surface area contributed by atoms with Crippen molar-refractivity contribution in [2.24, 2.45) is 0 Å². The van der Waals surface area contributed by atoms with Gasteiger partial charge in [0.05, 0.1) is 6.10 Å². The molecule has 0 aliphatic carbocycles. The Morgan fingerprint density at radius 2 is 2.30 bits per heavy atom. The van der Waals surface area contributed by atoms with E-state index in [0.29, 0.717) is 6.10 Å². The molecule has 1 fully saturated rings. The van der Waals surface area contributed by atoms with Crippen LogP contribution in [-0.2, 0) is 4.74 Å². The Morgan fingerprint density at radius 3 is 2.70 bits per heavy atom. The third-order valence-corrected chi connectivity index (χ3v) is 1.58. The molecule has 0 aromatic heterocycles. The molecule has 1 atom stereocenters. The summed E-state index contributed by atoms with van der Waals surface area (Å²) < 4.78 is 5.60. The number of hydrogen-bond donors (Lipinski definition) is 2. The molecular formula is C7H15NOS. The zero-order chi connectivity index (χ0) is 7.61. The number of nitrogens with one attached hydrogen (secondary N) is 1. The zero-order valence-corrected chi connectivity index (χ0v) is 7.45. The van der Waals surface area contributed by atoms with Crippen molar-refractivity contribution in [3.8, 4) is 0 Å². The van der Waals surface area contributed by atoms with Gasteiger partial charge in [0.1, 0.15) is 4.93 Å². The Balaban J connectivity index is 2.24. The second kappa shape index (κ2) is 3.11. The highest BCUT2D eigenvalue weighted by atomic mass is 32.1. The van der Waals surface area contributed by atoms with Gasteiger partial charge in [-0.25, -0.2) is 0 Å². The van der Waals surface area contributed by atoms with Crippen molar-refractivity contribution in [3.63, 3.8) is 0 Å². The van der Waals surface area contributed by atoms with Crippen LogP contribution >= 0.6 is 12.6 Å². The van der Waals surface area contributed by atoms with Gasteiger partial charge < -0.3 is 10.1 Å². The summed E-state index contributed by atoms with van der Waals surface area (Å²) in [6.07, 6.45) is 1.48. The van der Waals surface area contributed by atoms with Gasteiger partial charge in [-0.3, -0.25) is 0 Å². The van der Waals surface area contributed by atoms with Gasteiger partial charge in [0.25, 0.3) is 0 Å². The monoisotopic (exact) mass is 161 g/mol. The molecule has 3 heteroatoms. The van der Waals surface area contributed by atoms with E-state index in [1.54, 1.807) is 0 Å². The van der Waals surface area contributed by atoms with Crippen LogP contribution in [0.15, 0.2) is 0 Å². The van der Waals surface area contributed by atoms with Crippen LogP contribution < -0.4 is 5.32 Å². The molecule has 0 aromatic carbocycles. The summed E-state index contributed by atoms with van der Waals surface area (Å²) in [4.78, 5) is -0.281. The smallest absolute Gasteiger partial charge is 0.105 e. The summed E-state index contributed by atoms with van der Waals surface area (Å²) in [5, 5.41) is 3.24. The molecule has 0 amide bonds. The lowest BCUT2D eigenvalue weighted by molar-refractivity contribution is -0.00124. The molecule has 0 bridgehead atoms. The van der Waals surface area contributed by atoms with Crippen molar-refractivity contribution in [1.29, 1.82) is 0 Å². The van der Waals surface area contributed by atoms with Crippen molar-refractivity contribution in [2.75, 3.05) is 13.1 Å². The SMILES string of the molecule is CC(C)(S)OC1CCNC1. The van der Waals surface area contributed by atoms with Gasteiger partial charge in [-0.1, -0.05) is 0 Å². The molecule has 0 spiro atoms. The Morgan fingerprint density at radius 1 is 1.60 bits per heavy atom. The van der Waals surface area contributed by atoms with Gasteiger partial charge in [-0.05, 0) is 26.8 Å². The first-order valence-corrected chi connectivity index (χ1v) is 4.13. The molecule has 1 aliphatic heterocycles. The van der Waals surface area contributed by atoms with E-state index in [4.69, 9.17) is 4.74 Å². The van der Waals surface area contributed by atoms with E-state index in [2.05, 4.69) is 17.9 Å². The average molecular weight is 161 g/mol. The zero-order valence-electron chi connectivity index (χ0n) is 6.55. The predicted octanol–water partition coefficient (Wildman–Crippen LogP) is 1.03. The first-order chi connectivity index (χ1) is 4.58. The van der Waals surface area contributed by atoms with E-state index < -0.39 is 0 Å². The Bertz CT molecular complexity index is 105. The number of thiol groups is 1. The molecule has 1 heterocycles. The van der Waals surface area contributed by atoms with Gasteiger partial charge in [0.15, 0.2) is 0 Å². The molecule has 60 valence electrons. The van der Waals surface area contributed by atoms with Crippen molar-refractivity contribution >= 4 is 12.6 Å². The van der Waals surface area contributed by atoms with Crippen molar-refractivity contribution in [2.45, 2.75) is 31.3 Å². The fourth-order valence-corrected chi connectivity index (χ4v) is 1.29. The van der Waals surface area contributed by atoms with E-state index in [1.165, 1.54) is 0 Å². The van der Waals surface area contributed by atoms with Gasteiger partial charge in [0.2, 0.25) is 0 Å². The molecular weight excluding hydrogens is 146 g/mol. The molecule has 10 heavy (non-hydrogen) atoms. The van der Waals surface area contributed by atoms with Crippen LogP contribution in [0.1, 0.15) is 20.3 Å². The number of rotatable bonds is 2. The topological polar surface area (TPSA) is 21.3 Å². The highest BCUT2D eigenvalue weighted by Crippen LogP contribution is 2.18. The van der Waals surface area contributed by atoms with Gasteiger partial charge in [-0.15, -0.1) is 12.6 Å². The van der Waals surface area contributed by atoms with E-state index in [9.17, 15) is 0 Å². The van der Waals surface area contributed by atoms with Crippen LogP contribution in [0.5, 0.6) is 0 Å². The first-order valence-electron chi connectivity index (χ1n) is 3.69. The van der Waals surface area contributed by atoms with Crippen LogP contribution in [0.25, 0.3) is 0 Å². The molecule has 0 aromatic rings. The lowest BCUT2D eigenvalue weighted by Crippen LogP contribution is -2.26. The minimum absolute atomic E-state index is 0.281. The summed E-state index contributed by atoms with van der Waals surface area (Å²) in [7, 11) is 0. The van der Waals surface area contributed by atoms with E-state index in [0.717, 1.165) is 19.5 Å². The summed E-state index contributed by atoms with van der Waals surface area (Å²) in [5.74, 6) is 0. The van der Waals surface area contributed by atoms with Crippen LogP contribution in [0, 0.1) is 0 Å². The Kier molecular flexibility index (Phi) is 2.61. The molecule has 1 rings (SSSR count). The number of ether oxygens (including phenoxy) is 1. The highest BCUT2D eigenvalue weighted by Gasteiger charge is 2.21. The van der Waals surface area contributed by atoms with Crippen LogP contribution in [0.4, 0.5) is 0 Å². The first kappa shape index (κ1) is 8.37. The van der Waals surface area contributed by atoms with Crippen LogP contribution in [-0.4, -0.2) is 24.1 Å². The maximum atomic E-state index is 5.60. The van der Waals surface area contributed by atoms with Crippen molar-refractivity contribution in [1.82, 2.24) is 5.32 Å². The van der Waals surface area contributed by atoms with Gasteiger partial charge in [-0.2, -0.15) is 0 Å². The van der Waals surface area contributed by atoms with Crippen LogP contribution in [0.2, 0.25) is 0 Å². The third kappa shape index (κ3) is 2.90. The third-order valence-electron chi connectivity index (χ3n) is 1.47. The minimum Gasteiger partial charge on any atom is -0.361 e. The minimum atomic E-state index is -0.281. The average Bonchev–Trinajstić information content (AvgIpc) is 2.12. The van der Waals surface area contributed by atoms with E-state index in [-0.39, 0.29) is 4.93 Å². The fraction of sp³-hybridized carbons (Fsp3) is 1.00. The van der Waals surface area contributed by atoms with Crippen LogP contribution in [0.3, 0.4) is 0 Å². The summed E-state index contributed by atoms with van der Waals surface area (Å²) >= 11 is 4.28. The molecule has 1 aliphatic rings. The van der Waals surface area contributed by atoms with E-state index >= 15 is 0 Å². The summed E-state index contributed by atoms with van der Waals surface area (Å²) in [5.41, 5.74) is 0. The normalized spacial score (nSPS) is 27.3. The standard InChI is InChI=1S/C7H15NOS/c1-7(2,10)9-6-3-4-8-5-6/h6,8,10H,3-5H2,1-2H3. The largest absolute Gasteiger partial charge is 0.361 e. The van der Waals surface area contributed by atoms with Gasteiger partial charge in [0, 0.05) is 6.54 Å². The molecule has 0 radical (unpaired) electrons. The maximum Gasteiger partial charge on any atom is 0.105 e. The number of hydrogen-bond acceptors (Lipinski definition) is 3. The molecule has 0 saturated carbocycles. The van der Waals surface area contributed by atoms with E-state index in [1.807, 2.05) is 13.8 Å². The second-order valence-electron chi connectivity index (χ2n) is 3.18. The lowest BCUT2D eigenvalue weighted by atomic mass is 10.3. The highest BCUT2D eigenvalue weighted by molar-refractivity contribution is 7.81. The molecule has 1 unspecified atom stereocenters. The Labute approximate surface area is 67.7 Å². The molecule has 2 nitrogen and oxygen atoms in total. The second-order valence-corrected chi connectivity index (χ2v) is 4.26. The lowest BCUT2D eigenvalue weighted by Gasteiger charge is -2.22. The fourth-order valence-electron chi connectivity index (χ4n) is 1.14. The maximum absolute atomic E-state index is 5.60. The quantitative estimate of drug-likeness (QED) is 0.466. The predicted molar refractivity (Wildman–Crippen MR) is 45.4 cm³/mol. The van der Waals surface area contributed by atoms with Crippen molar-refractivity contribution in [3.05, 3.63) is 0 Å². The van der Waals surface area contributed by atoms with Gasteiger partial charge >= 0.3 is 0 Å². The molecule has 1 N–H and O–H groups in total. The Hall–Kier alpha value is 0.270. The molecule has 1 saturated heterocycles. The summed E-state index contributed by atoms with van der Waals surface area (Å²) in [6.45, 7) is 5.99.